The number of thioether (sulfide) groups is 1. The number of nitrogens with zero attached hydrogens (tertiary/aromatic N) is 1. The van der Waals surface area contributed by atoms with Gasteiger partial charge in [0.2, 0.25) is 5.91 Å². The molecular weight excluding hydrogens is 222 g/mol. The molecule has 0 aromatic rings. The van der Waals surface area contributed by atoms with Crippen LogP contribution in [0.2, 0.25) is 0 Å². The van der Waals surface area contributed by atoms with Gasteiger partial charge in [-0.3, -0.25) is 4.79 Å². The average Bonchev–Trinajstić information content (AvgIpc) is 2.26. The van der Waals surface area contributed by atoms with Crippen molar-refractivity contribution in [2.45, 2.75) is 39.2 Å². The summed E-state index contributed by atoms with van der Waals surface area (Å²) >= 11 is 1.99. The first-order valence-electron chi connectivity index (χ1n) is 6.13. The number of carbonyl (C=O) groups is 1. The Morgan fingerprint density at radius 3 is 2.56 bits per heavy atom. The highest BCUT2D eigenvalue weighted by Gasteiger charge is 2.22. The average molecular weight is 245 g/mol. The van der Waals surface area contributed by atoms with Crippen LogP contribution in [0.25, 0.3) is 0 Å². The number of rotatable bonds is 5. The summed E-state index contributed by atoms with van der Waals surface area (Å²) in [5.74, 6) is 3.16. The Labute approximate surface area is 103 Å². The van der Waals surface area contributed by atoms with Crippen LogP contribution in [0.5, 0.6) is 0 Å². The zero-order chi connectivity index (χ0) is 12.0. The lowest BCUT2D eigenvalue weighted by Crippen LogP contribution is -2.40. The first-order valence-corrected chi connectivity index (χ1v) is 7.28. The summed E-state index contributed by atoms with van der Waals surface area (Å²) in [6.07, 6.45) is 3.00. The van der Waals surface area contributed by atoms with E-state index in [9.17, 15) is 4.79 Å². The van der Waals surface area contributed by atoms with Crippen molar-refractivity contribution in [1.82, 2.24) is 4.90 Å². The van der Waals surface area contributed by atoms with E-state index in [1.807, 2.05) is 25.6 Å². The molecule has 1 heterocycles. The van der Waals surface area contributed by atoms with E-state index >= 15 is 0 Å². The second-order valence-electron chi connectivity index (χ2n) is 4.66. The van der Waals surface area contributed by atoms with E-state index in [0.717, 1.165) is 0 Å². The van der Waals surface area contributed by atoms with E-state index in [-0.39, 0.29) is 18.6 Å². The molecule has 0 aliphatic carbocycles. The van der Waals surface area contributed by atoms with Crippen LogP contribution in [0.4, 0.5) is 0 Å². The minimum Gasteiger partial charge on any atom is -0.395 e. The van der Waals surface area contributed by atoms with Gasteiger partial charge in [-0.05, 0) is 44.1 Å². The Bertz CT molecular complexity index is 215. The maximum Gasteiger partial charge on any atom is 0.223 e. The molecule has 0 aromatic heterocycles. The fourth-order valence-corrected chi connectivity index (χ4v) is 3.30. The van der Waals surface area contributed by atoms with Crippen molar-refractivity contribution < 1.29 is 9.90 Å². The molecule has 0 radical (unpaired) electrons. The molecule has 0 atom stereocenters. The largest absolute Gasteiger partial charge is 0.395 e. The van der Waals surface area contributed by atoms with Crippen molar-refractivity contribution in [3.05, 3.63) is 0 Å². The number of aliphatic hydroxyl groups excluding tert-OH is 1. The molecule has 1 aliphatic rings. The number of carbonyl (C=O) groups excluding carboxylic acids is 1. The Balaban J connectivity index is 2.40. The van der Waals surface area contributed by atoms with Crippen LogP contribution >= 0.6 is 11.8 Å². The Kier molecular flexibility index (Phi) is 6.21. The van der Waals surface area contributed by atoms with Crippen LogP contribution in [0.15, 0.2) is 0 Å². The van der Waals surface area contributed by atoms with Crippen LogP contribution in [0, 0.1) is 5.92 Å². The molecule has 0 bridgehead atoms. The molecule has 4 heteroatoms. The maximum absolute atomic E-state index is 12.1. The zero-order valence-electron chi connectivity index (χ0n) is 10.3. The second-order valence-corrected chi connectivity index (χ2v) is 5.89. The first kappa shape index (κ1) is 13.8. The Morgan fingerprint density at radius 1 is 1.44 bits per heavy atom. The molecule has 0 aromatic carbocycles. The summed E-state index contributed by atoms with van der Waals surface area (Å²) in [6, 6.07) is 0.192. The summed E-state index contributed by atoms with van der Waals surface area (Å²) in [5.41, 5.74) is 0. The standard InChI is InChI=1S/C12H23NO2S/c1-10(2)13(5-6-14)12(15)9-11-3-7-16-8-4-11/h10-11,14H,3-9H2,1-2H3. The van der Waals surface area contributed by atoms with Gasteiger partial charge in [0.15, 0.2) is 0 Å². The van der Waals surface area contributed by atoms with Gasteiger partial charge < -0.3 is 10.0 Å². The molecule has 1 amide bonds. The summed E-state index contributed by atoms with van der Waals surface area (Å²) in [4.78, 5) is 13.8. The van der Waals surface area contributed by atoms with Gasteiger partial charge in [-0.1, -0.05) is 0 Å². The van der Waals surface area contributed by atoms with Gasteiger partial charge in [0.05, 0.1) is 6.61 Å². The molecule has 94 valence electrons. The minimum atomic E-state index is 0.0600. The monoisotopic (exact) mass is 245 g/mol. The molecule has 1 aliphatic heterocycles. The van der Waals surface area contributed by atoms with Gasteiger partial charge in [0, 0.05) is 19.0 Å². The van der Waals surface area contributed by atoms with Crippen molar-refractivity contribution in [1.29, 1.82) is 0 Å². The van der Waals surface area contributed by atoms with Crippen molar-refractivity contribution in [3.8, 4) is 0 Å². The molecule has 16 heavy (non-hydrogen) atoms. The van der Waals surface area contributed by atoms with Crippen molar-refractivity contribution in [3.63, 3.8) is 0 Å². The van der Waals surface area contributed by atoms with Gasteiger partial charge in [-0.15, -0.1) is 0 Å². The third-order valence-corrected chi connectivity index (χ3v) is 4.14. The van der Waals surface area contributed by atoms with Gasteiger partial charge >= 0.3 is 0 Å². The third-order valence-electron chi connectivity index (χ3n) is 3.09. The highest BCUT2D eigenvalue weighted by atomic mass is 32.2. The van der Waals surface area contributed by atoms with Crippen molar-refractivity contribution >= 4 is 17.7 Å². The lowest BCUT2D eigenvalue weighted by atomic mass is 9.98. The predicted molar refractivity (Wildman–Crippen MR) is 68.6 cm³/mol. The van der Waals surface area contributed by atoms with Crippen LogP contribution in [-0.4, -0.2) is 46.6 Å². The van der Waals surface area contributed by atoms with Gasteiger partial charge in [0.25, 0.3) is 0 Å². The van der Waals surface area contributed by atoms with E-state index in [1.54, 1.807) is 4.90 Å². The van der Waals surface area contributed by atoms with Crippen LogP contribution in [0.3, 0.4) is 0 Å². The topological polar surface area (TPSA) is 40.5 Å². The molecule has 1 N–H and O–H groups in total. The smallest absolute Gasteiger partial charge is 0.223 e. The van der Waals surface area contributed by atoms with Crippen LogP contribution in [-0.2, 0) is 4.79 Å². The van der Waals surface area contributed by atoms with E-state index in [1.165, 1.54) is 24.3 Å². The molecule has 1 rings (SSSR count). The van der Waals surface area contributed by atoms with Gasteiger partial charge in [-0.2, -0.15) is 11.8 Å². The quantitative estimate of drug-likeness (QED) is 0.802. The first-order chi connectivity index (χ1) is 7.65. The highest BCUT2D eigenvalue weighted by Crippen LogP contribution is 2.26. The number of hydrogen-bond acceptors (Lipinski definition) is 3. The lowest BCUT2D eigenvalue weighted by Gasteiger charge is -2.29. The highest BCUT2D eigenvalue weighted by molar-refractivity contribution is 7.99. The van der Waals surface area contributed by atoms with E-state index < -0.39 is 0 Å². The van der Waals surface area contributed by atoms with Gasteiger partial charge in [0.1, 0.15) is 0 Å². The maximum atomic E-state index is 12.1. The third kappa shape index (κ3) is 4.34. The summed E-state index contributed by atoms with van der Waals surface area (Å²) in [7, 11) is 0. The SMILES string of the molecule is CC(C)N(CCO)C(=O)CC1CCSCC1. The molecular formula is C12H23NO2S. The Morgan fingerprint density at radius 2 is 2.06 bits per heavy atom. The number of aliphatic hydroxyl groups is 1. The van der Waals surface area contributed by atoms with Crippen molar-refractivity contribution in [2.75, 3.05) is 24.7 Å². The number of amides is 1. The molecule has 0 spiro atoms. The number of hydrogen-bond donors (Lipinski definition) is 1. The van der Waals surface area contributed by atoms with E-state index in [2.05, 4.69) is 0 Å². The second kappa shape index (κ2) is 7.17. The summed E-state index contributed by atoms with van der Waals surface area (Å²) in [5, 5.41) is 8.94. The molecule has 0 saturated carbocycles. The summed E-state index contributed by atoms with van der Waals surface area (Å²) in [6.45, 7) is 4.54. The van der Waals surface area contributed by atoms with E-state index in [4.69, 9.17) is 5.11 Å². The normalized spacial score (nSPS) is 17.8. The molecule has 0 unspecified atom stereocenters. The fraction of sp³-hybridized carbons (Fsp3) is 0.917. The zero-order valence-corrected chi connectivity index (χ0v) is 11.1. The molecule has 1 saturated heterocycles. The fourth-order valence-electron chi connectivity index (χ4n) is 2.09. The molecule has 3 nitrogen and oxygen atoms in total. The van der Waals surface area contributed by atoms with Crippen LogP contribution < -0.4 is 0 Å². The Hall–Kier alpha value is -0.220. The molecule has 1 fully saturated rings. The lowest BCUT2D eigenvalue weighted by molar-refractivity contribution is -0.134. The van der Waals surface area contributed by atoms with Crippen LogP contribution in [0.1, 0.15) is 33.1 Å². The van der Waals surface area contributed by atoms with Crippen molar-refractivity contribution in [2.24, 2.45) is 5.92 Å². The minimum absolute atomic E-state index is 0.0600. The van der Waals surface area contributed by atoms with E-state index in [0.29, 0.717) is 18.9 Å². The summed E-state index contributed by atoms with van der Waals surface area (Å²) < 4.78 is 0. The van der Waals surface area contributed by atoms with Gasteiger partial charge in [-0.25, -0.2) is 0 Å². The predicted octanol–water partition coefficient (Wildman–Crippen LogP) is 1.75.